The van der Waals surface area contributed by atoms with E-state index in [1.54, 1.807) is 6.92 Å². The van der Waals surface area contributed by atoms with Crippen LogP contribution >= 0.6 is 15.9 Å². The summed E-state index contributed by atoms with van der Waals surface area (Å²) in [4.78, 5) is 12.5. The van der Waals surface area contributed by atoms with Gasteiger partial charge in [-0.25, -0.2) is 0 Å². The topological polar surface area (TPSA) is 49.3 Å². The van der Waals surface area contributed by atoms with Gasteiger partial charge in [-0.2, -0.15) is 0 Å². The Labute approximate surface area is 122 Å². The van der Waals surface area contributed by atoms with Crippen LogP contribution in [0.3, 0.4) is 0 Å². The molecule has 1 saturated carbocycles. The molecule has 1 atom stereocenters. The summed E-state index contributed by atoms with van der Waals surface area (Å²) in [5, 5.41) is 12.2. The fraction of sp³-hybridized carbons (Fsp3) is 0.533. The molecule has 1 aliphatic carbocycles. The van der Waals surface area contributed by atoms with Crippen molar-refractivity contribution in [3.63, 3.8) is 0 Å². The number of rotatable bonds is 4. The predicted octanol–water partition coefficient (Wildman–Crippen LogP) is 2.76. The van der Waals surface area contributed by atoms with Crippen LogP contribution in [0.15, 0.2) is 28.7 Å². The Morgan fingerprint density at radius 2 is 2.16 bits per heavy atom. The molecule has 0 spiro atoms. The Hall–Kier alpha value is -0.870. The van der Waals surface area contributed by atoms with E-state index < -0.39 is 11.5 Å². The Bertz CT molecular complexity index is 453. The molecule has 4 heteroatoms. The van der Waals surface area contributed by atoms with E-state index >= 15 is 0 Å². The van der Waals surface area contributed by atoms with Crippen LogP contribution in [-0.2, 0) is 10.2 Å². The summed E-state index contributed by atoms with van der Waals surface area (Å²) in [6.45, 7) is 2.00. The predicted molar refractivity (Wildman–Crippen MR) is 79.0 cm³/mol. The molecule has 1 amide bonds. The van der Waals surface area contributed by atoms with Gasteiger partial charge in [-0.15, -0.1) is 0 Å². The molecule has 19 heavy (non-hydrogen) atoms. The van der Waals surface area contributed by atoms with Crippen LogP contribution in [0.5, 0.6) is 0 Å². The molecule has 0 aromatic heterocycles. The van der Waals surface area contributed by atoms with Crippen molar-refractivity contribution >= 4 is 21.8 Å². The quantitative estimate of drug-likeness (QED) is 0.894. The minimum atomic E-state index is -0.509. The Morgan fingerprint density at radius 3 is 2.74 bits per heavy atom. The van der Waals surface area contributed by atoms with Crippen molar-refractivity contribution in [3.8, 4) is 0 Å². The number of hydrogen-bond acceptors (Lipinski definition) is 2. The van der Waals surface area contributed by atoms with Crippen LogP contribution in [0.1, 0.15) is 38.2 Å². The first-order valence-corrected chi connectivity index (χ1v) is 7.56. The number of carbonyl (C=O) groups excluding carboxylic acids is 1. The molecule has 0 aliphatic heterocycles. The molecule has 2 rings (SSSR count). The van der Waals surface area contributed by atoms with Gasteiger partial charge in [-0.05, 0) is 37.5 Å². The van der Waals surface area contributed by atoms with Gasteiger partial charge in [0.25, 0.3) is 0 Å². The van der Waals surface area contributed by atoms with Crippen molar-refractivity contribution in [2.45, 2.75) is 44.1 Å². The highest BCUT2D eigenvalue weighted by Gasteiger charge is 2.42. The molecule has 0 heterocycles. The molecule has 1 fully saturated rings. The summed E-state index contributed by atoms with van der Waals surface area (Å²) in [5.74, 6) is 0.0454. The van der Waals surface area contributed by atoms with Gasteiger partial charge >= 0.3 is 0 Å². The van der Waals surface area contributed by atoms with Crippen LogP contribution in [0.4, 0.5) is 0 Å². The first-order chi connectivity index (χ1) is 9.04. The molecule has 1 aliphatic rings. The summed E-state index contributed by atoms with van der Waals surface area (Å²) < 4.78 is 1.000. The third-order valence-corrected chi connectivity index (χ3v) is 4.32. The summed E-state index contributed by atoms with van der Waals surface area (Å²) in [7, 11) is 0. The van der Waals surface area contributed by atoms with Gasteiger partial charge in [0.1, 0.15) is 0 Å². The minimum Gasteiger partial charge on any atom is -0.392 e. The number of hydrogen-bond donors (Lipinski definition) is 2. The molecule has 0 saturated heterocycles. The van der Waals surface area contributed by atoms with E-state index in [1.165, 1.54) is 0 Å². The van der Waals surface area contributed by atoms with Crippen LogP contribution in [0.25, 0.3) is 0 Å². The molecule has 0 radical (unpaired) electrons. The molecule has 2 N–H and O–H groups in total. The van der Waals surface area contributed by atoms with Gasteiger partial charge in [0.05, 0.1) is 11.5 Å². The molecular weight excluding hydrogens is 306 g/mol. The van der Waals surface area contributed by atoms with E-state index in [-0.39, 0.29) is 5.91 Å². The molecule has 1 unspecified atom stereocenters. The maximum atomic E-state index is 12.5. The Kier molecular flexibility index (Phi) is 4.63. The van der Waals surface area contributed by atoms with E-state index in [9.17, 15) is 9.90 Å². The fourth-order valence-corrected chi connectivity index (χ4v) is 3.22. The number of benzene rings is 1. The second-order valence-corrected chi connectivity index (χ2v) is 6.27. The molecule has 0 bridgehead atoms. The number of nitrogens with one attached hydrogen (secondary N) is 1. The number of carbonyl (C=O) groups is 1. The summed E-state index contributed by atoms with van der Waals surface area (Å²) in [6, 6.07) is 8.01. The van der Waals surface area contributed by atoms with Crippen molar-refractivity contribution in [2.75, 3.05) is 6.54 Å². The van der Waals surface area contributed by atoms with Gasteiger partial charge in [0.15, 0.2) is 0 Å². The van der Waals surface area contributed by atoms with Gasteiger partial charge in [0.2, 0.25) is 5.91 Å². The second-order valence-electron chi connectivity index (χ2n) is 5.36. The second kappa shape index (κ2) is 6.06. The lowest BCUT2D eigenvalue weighted by Gasteiger charge is -2.28. The van der Waals surface area contributed by atoms with E-state index in [0.29, 0.717) is 6.54 Å². The Morgan fingerprint density at radius 1 is 1.47 bits per heavy atom. The van der Waals surface area contributed by atoms with Gasteiger partial charge in [-0.1, -0.05) is 40.9 Å². The molecule has 3 nitrogen and oxygen atoms in total. The maximum absolute atomic E-state index is 12.5. The summed E-state index contributed by atoms with van der Waals surface area (Å²) in [5.41, 5.74) is 0.654. The number of aliphatic hydroxyl groups excluding tert-OH is 1. The monoisotopic (exact) mass is 325 g/mol. The van der Waals surface area contributed by atoms with Crippen molar-refractivity contribution in [1.82, 2.24) is 5.32 Å². The zero-order chi connectivity index (χ0) is 13.9. The summed E-state index contributed by atoms with van der Waals surface area (Å²) >= 11 is 3.47. The zero-order valence-corrected chi connectivity index (χ0v) is 12.7. The van der Waals surface area contributed by atoms with Crippen molar-refractivity contribution in [2.24, 2.45) is 0 Å². The van der Waals surface area contributed by atoms with Crippen LogP contribution < -0.4 is 5.32 Å². The first kappa shape index (κ1) is 14.5. The largest absolute Gasteiger partial charge is 0.392 e. The normalized spacial score (nSPS) is 19.1. The number of amides is 1. The first-order valence-electron chi connectivity index (χ1n) is 6.77. The molecular formula is C15H20BrNO2. The van der Waals surface area contributed by atoms with Crippen LogP contribution in [0, 0.1) is 0 Å². The third kappa shape index (κ3) is 3.18. The third-order valence-electron chi connectivity index (χ3n) is 3.83. The minimum absolute atomic E-state index is 0.0454. The van der Waals surface area contributed by atoms with E-state index in [0.717, 1.165) is 35.7 Å². The highest BCUT2D eigenvalue weighted by Crippen LogP contribution is 2.42. The standard InChI is InChI=1S/C15H20BrNO2/c1-11(18)10-17-14(19)15(7-2-3-8-15)12-5-4-6-13(16)9-12/h4-6,9,11,18H,2-3,7-8,10H2,1H3,(H,17,19). The fourth-order valence-electron chi connectivity index (χ4n) is 2.82. The van der Waals surface area contributed by atoms with E-state index in [2.05, 4.69) is 21.2 Å². The molecule has 1 aromatic carbocycles. The maximum Gasteiger partial charge on any atom is 0.230 e. The Balaban J connectivity index is 2.25. The lowest BCUT2D eigenvalue weighted by Crippen LogP contribution is -2.44. The van der Waals surface area contributed by atoms with E-state index in [1.807, 2.05) is 24.3 Å². The summed E-state index contributed by atoms with van der Waals surface area (Å²) in [6.07, 6.45) is 3.41. The lowest BCUT2D eigenvalue weighted by molar-refractivity contribution is -0.127. The smallest absolute Gasteiger partial charge is 0.230 e. The highest BCUT2D eigenvalue weighted by atomic mass is 79.9. The van der Waals surface area contributed by atoms with E-state index in [4.69, 9.17) is 0 Å². The van der Waals surface area contributed by atoms with Gasteiger partial charge < -0.3 is 10.4 Å². The SMILES string of the molecule is CC(O)CNC(=O)C1(c2cccc(Br)c2)CCCC1. The molecule has 104 valence electrons. The average molecular weight is 326 g/mol. The highest BCUT2D eigenvalue weighted by molar-refractivity contribution is 9.10. The van der Waals surface area contributed by atoms with Crippen LogP contribution in [-0.4, -0.2) is 23.7 Å². The van der Waals surface area contributed by atoms with Gasteiger partial charge in [-0.3, -0.25) is 4.79 Å². The van der Waals surface area contributed by atoms with Crippen molar-refractivity contribution < 1.29 is 9.90 Å². The molecule has 1 aromatic rings. The number of halogens is 1. The lowest BCUT2D eigenvalue weighted by atomic mass is 9.78. The zero-order valence-electron chi connectivity index (χ0n) is 11.2. The van der Waals surface area contributed by atoms with Crippen molar-refractivity contribution in [1.29, 1.82) is 0 Å². The number of aliphatic hydroxyl groups is 1. The van der Waals surface area contributed by atoms with Gasteiger partial charge in [0, 0.05) is 11.0 Å². The average Bonchev–Trinajstić information content (AvgIpc) is 2.86. The van der Waals surface area contributed by atoms with Crippen LogP contribution in [0.2, 0.25) is 0 Å². The van der Waals surface area contributed by atoms with Crippen molar-refractivity contribution in [3.05, 3.63) is 34.3 Å².